The second kappa shape index (κ2) is 5.58. The van der Waals surface area contributed by atoms with Crippen molar-refractivity contribution in [2.75, 3.05) is 6.54 Å². The average Bonchev–Trinajstić information content (AvgIpc) is 2.92. The van der Waals surface area contributed by atoms with Crippen molar-refractivity contribution in [2.45, 2.75) is 18.6 Å². The fraction of sp³-hybridized carbons (Fsp3) is 0.333. The molecule has 2 N–H and O–H groups in total. The predicted octanol–water partition coefficient (Wildman–Crippen LogP) is 1.10. The van der Waals surface area contributed by atoms with E-state index in [1.54, 1.807) is 12.1 Å². The molecule has 1 fully saturated rings. The summed E-state index contributed by atoms with van der Waals surface area (Å²) >= 11 is 3.14. The van der Waals surface area contributed by atoms with Gasteiger partial charge >= 0.3 is 5.97 Å². The summed E-state index contributed by atoms with van der Waals surface area (Å²) in [6, 6.07) is 2.38. The molecule has 2 atom stereocenters. The molecule has 19 heavy (non-hydrogen) atoms. The lowest BCUT2D eigenvalue weighted by Crippen LogP contribution is -2.39. The van der Waals surface area contributed by atoms with E-state index in [4.69, 9.17) is 9.52 Å². The van der Waals surface area contributed by atoms with Crippen LogP contribution in [0.25, 0.3) is 6.08 Å². The SMILES string of the molecule is O=C(O)C1CC(O)CN1C(=O)/C=C/c1ccc(Br)o1. The molecule has 1 aliphatic rings. The fourth-order valence-corrected chi connectivity index (χ4v) is 2.28. The molecule has 0 bridgehead atoms. The van der Waals surface area contributed by atoms with Crippen LogP contribution in [0.3, 0.4) is 0 Å². The first kappa shape index (κ1) is 13.8. The van der Waals surface area contributed by atoms with Gasteiger partial charge in [0.1, 0.15) is 11.8 Å². The highest BCUT2D eigenvalue weighted by Crippen LogP contribution is 2.19. The second-order valence-electron chi connectivity index (χ2n) is 4.21. The number of likely N-dealkylation sites (tertiary alicyclic amines) is 1. The summed E-state index contributed by atoms with van der Waals surface area (Å²) in [5.74, 6) is -1.10. The summed E-state index contributed by atoms with van der Waals surface area (Å²) in [6.45, 7) is 0.0298. The standard InChI is InChI=1S/C12H12BrNO5/c13-10-3-1-8(19-10)2-4-11(16)14-6-7(15)5-9(14)12(17)18/h1-4,7,9,15H,5-6H2,(H,17,18)/b4-2+. The number of carboxylic acid groups (broad SMARTS) is 1. The van der Waals surface area contributed by atoms with Gasteiger partial charge in [-0.2, -0.15) is 0 Å². The number of β-amino-alcohol motifs (C(OH)–C–C–N with tert-alkyl or cyclic N) is 1. The van der Waals surface area contributed by atoms with Gasteiger partial charge in [-0.25, -0.2) is 4.79 Å². The first-order valence-corrected chi connectivity index (χ1v) is 6.41. The number of aliphatic hydroxyl groups excluding tert-OH is 1. The van der Waals surface area contributed by atoms with E-state index >= 15 is 0 Å². The zero-order chi connectivity index (χ0) is 14.0. The van der Waals surface area contributed by atoms with E-state index in [1.165, 1.54) is 12.2 Å². The maximum absolute atomic E-state index is 11.9. The van der Waals surface area contributed by atoms with Crippen molar-refractivity contribution in [3.8, 4) is 0 Å². The number of rotatable bonds is 3. The molecule has 0 saturated carbocycles. The van der Waals surface area contributed by atoms with Crippen molar-refractivity contribution >= 4 is 33.9 Å². The summed E-state index contributed by atoms with van der Waals surface area (Å²) < 4.78 is 5.73. The van der Waals surface area contributed by atoms with E-state index in [-0.39, 0.29) is 13.0 Å². The van der Waals surface area contributed by atoms with Gasteiger partial charge in [-0.3, -0.25) is 4.79 Å². The Kier molecular flexibility index (Phi) is 4.06. The zero-order valence-corrected chi connectivity index (χ0v) is 11.4. The van der Waals surface area contributed by atoms with Crippen LogP contribution in [0, 0.1) is 0 Å². The van der Waals surface area contributed by atoms with E-state index < -0.39 is 24.0 Å². The number of halogens is 1. The van der Waals surface area contributed by atoms with E-state index in [9.17, 15) is 14.7 Å². The Morgan fingerprint density at radius 2 is 2.21 bits per heavy atom. The number of carboxylic acids is 1. The van der Waals surface area contributed by atoms with Gasteiger partial charge in [-0.05, 0) is 34.1 Å². The normalized spacial score (nSPS) is 23.2. The third-order valence-electron chi connectivity index (χ3n) is 2.83. The van der Waals surface area contributed by atoms with Gasteiger partial charge in [0.2, 0.25) is 5.91 Å². The average molecular weight is 330 g/mol. The molecule has 6 nitrogen and oxygen atoms in total. The highest BCUT2D eigenvalue weighted by Gasteiger charge is 2.37. The van der Waals surface area contributed by atoms with Crippen molar-refractivity contribution in [3.05, 3.63) is 28.6 Å². The number of hydrogen-bond acceptors (Lipinski definition) is 4. The number of aliphatic hydroxyl groups is 1. The van der Waals surface area contributed by atoms with Crippen molar-refractivity contribution in [1.82, 2.24) is 4.90 Å². The largest absolute Gasteiger partial charge is 0.480 e. The molecule has 2 heterocycles. The van der Waals surface area contributed by atoms with E-state index in [2.05, 4.69) is 15.9 Å². The van der Waals surface area contributed by atoms with Crippen LogP contribution < -0.4 is 0 Å². The number of nitrogens with zero attached hydrogens (tertiary/aromatic N) is 1. The molecule has 1 aliphatic heterocycles. The molecule has 0 spiro atoms. The highest BCUT2D eigenvalue weighted by atomic mass is 79.9. The van der Waals surface area contributed by atoms with Gasteiger partial charge in [0.25, 0.3) is 0 Å². The van der Waals surface area contributed by atoms with Crippen LogP contribution in [0.15, 0.2) is 27.3 Å². The molecule has 7 heteroatoms. The Morgan fingerprint density at radius 1 is 1.47 bits per heavy atom. The fourth-order valence-electron chi connectivity index (χ4n) is 1.96. The van der Waals surface area contributed by atoms with Crippen LogP contribution in [0.5, 0.6) is 0 Å². The number of hydrogen-bond donors (Lipinski definition) is 2. The monoisotopic (exact) mass is 329 g/mol. The molecule has 102 valence electrons. The van der Waals surface area contributed by atoms with Gasteiger partial charge in [-0.1, -0.05) is 0 Å². The molecule has 1 amide bonds. The van der Waals surface area contributed by atoms with Crippen molar-refractivity contribution in [2.24, 2.45) is 0 Å². The molecule has 1 aromatic heterocycles. The number of amides is 1. The molecule has 2 rings (SSSR count). The van der Waals surface area contributed by atoms with Crippen molar-refractivity contribution in [1.29, 1.82) is 0 Å². The number of carbonyl (C=O) groups is 2. The number of carbonyl (C=O) groups excluding carboxylic acids is 1. The molecular weight excluding hydrogens is 318 g/mol. The summed E-state index contributed by atoms with van der Waals surface area (Å²) in [7, 11) is 0. The second-order valence-corrected chi connectivity index (χ2v) is 4.99. The lowest BCUT2D eigenvalue weighted by atomic mass is 10.2. The third-order valence-corrected chi connectivity index (χ3v) is 3.26. The Balaban J connectivity index is 2.06. The first-order chi connectivity index (χ1) is 8.97. The minimum Gasteiger partial charge on any atom is -0.480 e. The van der Waals surface area contributed by atoms with Gasteiger partial charge in [0.05, 0.1) is 6.10 Å². The quantitative estimate of drug-likeness (QED) is 0.810. The Hall–Kier alpha value is -1.60. The lowest BCUT2D eigenvalue weighted by molar-refractivity contribution is -0.146. The maximum Gasteiger partial charge on any atom is 0.326 e. The molecule has 0 aliphatic carbocycles. The summed E-state index contributed by atoms with van der Waals surface area (Å²) in [4.78, 5) is 24.0. The van der Waals surface area contributed by atoms with Crippen LogP contribution >= 0.6 is 15.9 Å². The van der Waals surface area contributed by atoms with Gasteiger partial charge in [0, 0.05) is 19.0 Å². The van der Waals surface area contributed by atoms with Crippen LogP contribution in [0.2, 0.25) is 0 Å². The minimum atomic E-state index is -1.11. The van der Waals surface area contributed by atoms with Gasteiger partial charge in [-0.15, -0.1) is 0 Å². The summed E-state index contributed by atoms with van der Waals surface area (Å²) in [5.41, 5.74) is 0. The zero-order valence-electron chi connectivity index (χ0n) is 9.82. The van der Waals surface area contributed by atoms with E-state index in [0.717, 1.165) is 4.90 Å². The molecular formula is C12H12BrNO5. The molecule has 1 saturated heterocycles. The van der Waals surface area contributed by atoms with E-state index in [0.29, 0.717) is 10.4 Å². The molecule has 0 aromatic carbocycles. The molecule has 1 aromatic rings. The number of aliphatic carboxylic acids is 1. The van der Waals surface area contributed by atoms with Crippen LogP contribution in [0.4, 0.5) is 0 Å². The van der Waals surface area contributed by atoms with Crippen LogP contribution in [0.1, 0.15) is 12.2 Å². The Morgan fingerprint density at radius 3 is 2.79 bits per heavy atom. The number of furan rings is 1. The molecule has 0 radical (unpaired) electrons. The topological polar surface area (TPSA) is 91.0 Å². The van der Waals surface area contributed by atoms with Crippen molar-refractivity contribution in [3.63, 3.8) is 0 Å². The smallest absolute Gasteiger partial charge is 0.326 e. The van der Waals surface area contributed by atoms with Gasteiger partial charge < -0.3 is 19.5 Å². The van der Waals surface area contributed by atoms with E-state index in [1.807, 2.05) is 0 Å². The lowest BCUT2D eigenvalue weighted by Gasteiger charge is -2.18. The van der Waals surface area contributed by atoms with Crippen LogP contribution in [-0.2, 0) is 9.59 Å². The minimum absolute atomic E-state index is 0.0298. The molecule has 2 unspecified atom stereocenters. The Labute approximate surface area is 117 Å². The highest BCUT2D eigenvalue weighted by molar-refractivity contribution is 9.10. The first-order valence-electron chi connectivity index (χ1n) is 5.62. The van der Waals surface area contributed by atoms with Gasteiger partial charge in [0.15, 0.2) is 4.67 Å². The summed E-state index contributed by atoms with van der Waals surface area (Å²) in [6.07, 6.45) is 1.95. The third kappa shape index (κ3) is 3.24. The summed E-state index contributed by atoms with van der Waals surface area (Å²) in [5, 5.41) is 18.4. The predicted molar refractivity (Wildman–Crippen MR) is 69.2 cm³/mol. The Bertz CT molecular complexity index is 524. The van der Waals surface area contributed by atoms with Crippen LogP contribution in [-0.4, -0.2) is 45.7 Å². The maximum atomic E-state index is 11.9. The van der Waals surface area contributed by atoms with Crippen molar-refractivity contribution < 1.29 is 24.2 Å².